The van der Waals surface area contributed by atoms with Crippen molar-refractivity contribution in [2.45, 2.75) is 13.8 Å². The van der Waals surface area contributed by atoms with Crippen LogP contribution >= 0.6 is 22.9 Å². The number of amides is 1. The van der Waals surface area contributed by atoms with Crippen molar-refractivity contribution in [2.24, 2.45) is 5.10 Å². The Morgan fingerprint density at radius 2 is 1.89 bits per heavy atom. The Morgan fingerprint density at radius 1 is 1.21 bits per heavy atom. The molecule has 0 aliphatic rings. The fraction of sp³-hybridized carbons (Fsp3) is 0.143. The highest BCUT2D eigenvalue weighted by Gasteiger charge is 2.05. The second-order valence-electron chi connectivity index (χ2n) is 4.06. The van der Waals surface area contributed by atoms with Crippen molar-refractivity contribution in [3.8, 4) is 0 Å². The van der Waals surface area contributed by atoms with Crippen molar-refractivity contribution in [3.05, 3.63) is 56.7 Å². The van der Waals surface area contributed by atoms with E-state index in [0.717, 1.165) is 10.6 Å². The lowest BCUT2D eigenvalue weighted by atomic mass is 10.2. The Kier molecular flexibility index (Phi) is 4.35. The zero-order valence-electron chi connectivity index (χ0n) is 10.6. The van der Waals surface area contributed by atoms with E-state index < -0.39 is 0 Å². The minimum Gasteiger partial charge on any atom is -0.267 e. The smallest absolute Gasteiger partial charge is 0.267 e. The van der Waals surface area contributed by atoms with E-state index in [1.807, 2.05) is 26.0 Å². The quantitative estimate of drug-likeness (QED) is 0.677. The maximum Gasteiger partial charge on any atom is 0.271 e. The number of benzene rings is 1. The van der Waals surface area contributed by atoms with Gasteiger partial charge in [-0.05, 0) is 50.2 Å². The molecule has 19 heavy (non-hydrogen) atoms. The number of carbonyl (C=O) groups excluding carboxylic acids is 1. The maximum absolute atomic E-state index is 11.8. The Hall–Kier alpha value is -1.65. The zero-order chi connectivity index (χ0) is 13.8. The standard InChI is InChI=1S/C14H13ClN2OS/c1-9-3-8-13(19-9)10(2)16-17-14(18)11-4-6-12(15)7-5-11/h3-8H,1-2H3,(H,17,18)/b16-10+. The van der Waals surface area contributed by atoms with Crippen LogP contribution in [0.5, 0.6) is 0 Å². The fourth-order valence-electron chi connectivity index (χ4n) is 1.48. The first-order valence-corrected chi connectivity index (χ1v) is 6.93. The molecule has 1 amide bonds. The monoisotopic (exact) mass is 292 g/mol. The lowest BCUT2D eigenvalue weighted by Crippen LogP contribution is -2.18. The van der Waals surface area contributed by atoms with Gasteiger partial charge in [0.15, 0.2) is 0 Å². The molecule has 0 atom stereocenters. The molecule has 0 unspecified atom stereocenters. The molecule has 2 rings (SSSR count). The number of halogens is 1. The van der Waals surface area contributed by atoms with Gasteiger partial charge < -0.3 is 0 Å². The van der Waals surface area contributed by atoms with Gasteiger partial charge in [0.2, 0.25) is 0 Å². The van der Waals surface area contributed by atoms with Gasteiger partial charge in [0.25, 0.3) is 5.91 Å². The van der Waals surface area contributed by atoms with E-state index in [2.05, 4.69) is 10.5 Å². The summed E-state index contributed by atoms with van der Waals surface area (Å²) in [6.45, 7) is 3.90. The average Bonchev–Trinajstić information content (AvgIpc) is 2.83. The molecular weight excluding hydrogens is 280 g/mol. The van der Waals surface area contributed by atoms with Gasteiger partial charge in [0, 0.05) is 15.5 Å². The minimum absolute atomic E-state index is 0.246. The number of nitrogens with one attached hydrogen (secondary N) is 1. The van der Waals surface area contributed by atoms with E-state index in [0.29, 0.717) is 10.6 Å². The van der Waals surface area contributed by atoms with E-state index in [1.54, 1.807) is 35.6 Å². The van der Waals surface area contributed by atoms with Crippen LogP contribution < -0.4 is 5.43 Å². The number of hydrogen-bond acceptors (Lipinski definition) is 3. The van der Waals surface area contributed by atoms with Crippen LogP contribution in [0.2, 0.25) is 5.02 Å². The summed E-state index contributed by atoms with van der Waals surface area (Å²) in [5.41, 5.74) is 3.86. The topological polar surface area (TPSA) is 41.5 Å². The van der Waals surface area contributed by atoms with Crippen LogP contribution in [0, 0.1) is 6.92 Å². The summed E-state index contributed by atoms with van der Waals surface area (Å²) in [6.07, 6.45) is 0. The second kappa shape index (κ2) is 5.99. The predicted octanol–water partition coefficient (Wildman–Crippen LogP) is 3.86. The normalized spacial score (nSPS) is 11.4. The molecule has 98 valence electrons. The summed E-state index contributed by atoms with van der Waals surface area (Å²) >= 11 is 7.41. The number of carbonyl (C=O) groups is 1. The van der Waals surface area contributed by atoms with Gasteiger partial charge in [-0.25, -0.2) is 5.43 Å². The van der Waals surface area contributed by atoms with E-state index >= 15 is 0 Å². The molecule has 1 aromatic heterocycles. The SMILES string of the molecule is C/C(=N\NC(=O)c1ccc(Cl)cc1)c1ccc(C)s1. The first-order chi connectivity index (χ1) is 9.06. The fourth-order valence-corrected chi connectivity index (χ4v) is 2.42. The number of hydrazone groups is 1. The van der Waals surface area contributed by atoms with Crippen LogP contribution in [-0.2, 0) is 0 Å². The van der Waals surface area contributed by atoms with Gasteiger partial charge in [-0.3, -0.25) is 4.79 Å². The van der Waals surface area contributed by atoms with E-state index in [1.165, 1.54) is 4.88 Å². The van der Waals surface area contributed by atoms with E-state index in [-0.39, 0.29) is 5.91 Å². The number of rotatable bonds is 3. The lowest BCUT2D eigenvalue weighted by Gasteiger charge is -2.01. The minimum atomic E-state index is -0.246. The van der Waals surface area contributed by atoms with Crippen LogP contribution in [0.25, 0.3) is 0 Å². The number of aryl methyl sites for hydroxylation is 1. The maximum atomic E-state index is 11.8. The van der Waals surface area contributed by atoms with E-state index in [4.69, 9.17) is 11.6 Å². The molecule has 0 spiro atoms. The molecule has 5 heteroatoms. The van der Waals surface area contributed by atoms with Gasteiger partial charge in [-0.1, -0.05) is 11.6 Å². The van der Waals surface area contributed by atoms with Gasteiger partial charge in [-0.2, -0.15) is 5.10 Å². The molecule has 0 saturated carbocycles. The third-order valence-electron chi connectivity index (χ3n) is 2.53. The molecular formula is C14H13ClN2OS. The van der Waals surface area contributed by atoms with Crippen LogP contribution in [0.3, 0.4) is 0 Å². The predicted molar refractivity (Wildman–Crippen MR) is 80.2 cm³/mol. The first kappa shape index (κ1) is 13.8. The molecule has 0 aliphatic carbocycles. The number of hydrogen-bond donors (Lipinski definition) is 1. The molecule has 0 saturated heterocycles. The molecule has 0 fully saturated rings. The molecule has 0 bridgehead atoms. The lowest BCUT2D eigenvalue weighted by molar-refractivity contribution is 0.0955. The first-order valence-electron chi connectivity index (χ1n) is 5.73. The number of nitrogens with zero attached hydrogens (tertiary/aromatic N) is 1. The van der Waals surface area contributed by atoms with Crippen LogP contribution in [0.1, 0.15) is 27.0 Å². The molecule has 0 radical (unpaired) electrons. The van der Waals surface area contributed by atoms with Crippen LogP contribution in [0.4, 0.5) is 0 Å². The van der Waals surface area contributed by atoms with Gasteiger partial charge in [0.1, 0.15) is 0 Å². The van der Waals surface area contributed by atoms with Crippen LogP contribution in [0.15, 0.2) is 41.5 Å². The third kappa shape index (κ3) is 3.66. The second-order valence-corrected chi connectivity index (χ2v) is 5.78. The molecule has 1 N–H and O–H groups in total. The van der Waals surface area contributed by atoms with E-state index in [9.17, 15) is 4.79 Å². The van der Waals surface area contributed by atoms with Crippen molar-refractivity contribution >= 4 is 34.6 Å². The van der Waals surface area contributed by atoms with Crippen molar-refractivity contribution in [3.63, 3.8) is 0 Å². The van der Waals surface area contributed by atoms with Crippen LogP contribution in [-0.4, -0.2) is 11.6 Å². The van der Waals surface area contributed by atoms with Gasteiger partial charge >= 0.3 is 0 Å². The summed E-state index contributed by atoms with van der Waals surface area (Å²) in [5, 5.41) is 4.70. The zero-order valence-corrected chi connectivity index (χ0v) is 12.2. The van der Waals surface area contributed by atoms with Crippen molar-refractivity contribution in [1.82, 2.24) is 5.43 Å². The molecule has 3 nitrogen and oxygen atoms in total. The highest BCUT2D eigenvalue weighted by molar-refractivity contribution is 7.14. The Morgan fingerprint density at radius 3 is 2.47 bits per heavy atom. The Labute approximate surface area is 120 Å². The van der Waals surface area contributed by atoms with Crippen molar-refractivity contribution in [1.29, 1.82) is 0 Å². The van der Waals surface area contributed by atoms with Gasteiger partial charge in [-0.15, -0.1) is 11.3 Å². The summed E-state index contributed by atoms with van der Waals surface area (Å²) in [4.78, 5) is 14.1. The summed E-state index contributed by atoms with van der Waals surface area (Å²) in [5.74, 6) is -0.246. The Bertz CT molecular complexity index is 617. The Balaban J connectivity index is 2.05. The largest absolute Gasteiger partial charge is 0.271 e. The number of thiophene rings is 1. The van der Waals surface area contributed by atoms with Gasteiger partial charge in [0.05, 0.1) is 10.6 Å². The third-order valence-corrected chi connectivity index (χ3v) is 3.89. The molecule has 1 heterocycles. The highest BCUT2D eigenvalue weighted by atomic mass is 35.5. The highest BCUT2D eigenvalue weighted by Crippen LogP contribution is 2.15. The van der Waals surface area contributed by atoms with Crippen molar-refractivity contribution < 1.29 is 4.79 Å². The van der Waals surface area contributed by atoms with Crippen molar-refractivity contribution in [2.75, 3.05) is 0 Å². The summed E-state index contributed by atoms with van der Waals surface area (Å²) in [6, 6.07) is 10.7. The molecule has 1 aromatic carbocycles. The summed E-state index contributed by atoms with van der Waals surface area (Å²) < 4.78 is 0. The molecule has 0 aliphatic heterocycles. The summed E-state index contributed by atoms with van der Waals surface area (Å²) in [7, 11) is 0. The molecule has 2 aromatic rings. The average molecular weight is 293 g/mol.